The van der Waals surface area contributed by atoms with E-state index in [2.05, 4.69) is 19.2 Å². The fourth-order valence-corrected chi connectivity index (χ4v) is 2.08. The van der Waals surface area contributed by atoms with Crippen molar-refractivity contribution in [3.8, 4) is 0 Å². The van der Waals surface area contributed by atoms with Crippen LogP contribution in [-0.2, 0) is 9.59 Å². The predicted molar refractivity (Wildman–Crippen MR) is 50.2 cm³/mol. The lowest BCUT2D eigenvalue weighted by Crippen LogP contribution is -2.42. The van der Waals surface area contributed by atoms with Gasteiger partial charge in [0.25, 0.3) is 0 Å². The van der Waals surface area contributed by atoms with Crippen LogP contribution in [0.3, 0.4) is 0 Å². The van der Waals surface area contributed by atoms with Crippen molar-refractivity contribution in [2.24, 2.45) is 5.41 Å². The molecule has 0 heterocycles. The molecule has 0 aromatic heterocycles. The second-order valence-electron chi connectivity index (χ2n) is 4.69. The monoisotopic (exact) mass is 183 g/mol. The molecule has 1 saturated carbocycles. The zero-order valence-electron chi connectivity index (χ0n) is 8.52. The number of Topliss-reactive ketones (excluding diaryl/α,β-unsaturated/α-hetero) is 1. The summed E-state index contributed by atoms with van der Waals surface area (Å²) in [6, 6.07) is 0.0498. The number of amides is 1. The largest absolute Gasteiger partial charge is 0.353 e. The Morgan fingerprint density at radius 1 is 1.54 bits per heavy atom. The Bertz CT molecular complexity index is 231. The lowest BCUT2D eigenvalue weighted by Gasteiger charge is -2.34. The molecule has 3 heteroatoms. The average molecular weight is 183 g/mol. The Hall–Kier alpha value is -0.860. The fraction of sp³-hybridized carbons (Fsp3) is 0.800. The molecule has 74 valence electrons. The number of nitrogens with one attached hydrogen (secondary N) is 1. The molecule has 1 fully saturated rings. The molecule has 13 heavy (non-hydrogen) atoms. The molecule has 1 aliphatic rings. The summed E-state index contributed by atoms with van der Waals surface area (Å²) in [7, 11) is 0. The van der Waals surface area contributed by atoms with Crippen LogP contribution in [0.4, 0.5) is 0 Å². The van der Waals surface area contributed by atoms with Crippen molar-refractivity contribution < 1.29 is 9.59 Å². The van der Waals surface area contributed by atoms with E-state index in [-0.39, 0.29) is 23.1 Å². The first-order chi connectivity index (χ1) is 5.89. The van der Waals surface area contributed by atoms with Crippen LogP contribution in [0.15, 0.2) is 0 Å². The van der Waals surface area contributed by atoms with Gasteiger partial charge in [-0.2, -0.15) is 0 Å². The van der Waals surface area contributed by atoms with Crippen molar-refractivity contribution in [2.75, 3.05) is 0 Å². The van der Waals surface area contributed by atoms with E-state index in [1.807, 2.05) is 0 Å². The van der Waals surface area contributed by atoms with Crippen molar-refractivity contribution in [1.82, 2.24) is 5.32 Å². The van der Waals surface area contributed by atoms with Crippen molar-refractivity contribution in [2.45, 2.75) is 46.1 Å². The molecule has 1 N–H and O–H groups in total. The van der Waals surface area contributed by atoms with Crippen LogP contribution in [-0.4, -0.2) is 17.7 Å². The van der Waals surface area contributed by atoms with E-state index in [4.69, 9.17) is 0 Å². The summed E-state index contributed by atoms with van der Waals surface area (Å²) in [6.07, 6.45) is 2.05. The molecule has 0 aliphatic heterocycles. The maximum atomic E-state index is 11.3. The van der Waals surface area contributed by atoms with E-state index >= 15 is 0 Å². The molecule has 1 aliphatic carbocycles. The van der Waals surface area contributed by atoms with Crippen LogP contribution < -0.4 is 5.32 Å². The van der Waals surface area contributed by atoms with E-state index < -0.39 is 0 Å². The predicted octanol–water partition coefficient (Wildman–Crippen LogP) is 1.27. The minimum absolute atomic E-state index is 0.0441. The zero-order chi connectivity index (χ0) is 10.1. The standard InChI is InChI=1S/C10H17NO2/c1-7(12)11-8-4-9(13)6-10(2,3)5-8/h8H,4-6H2,1-3H3,(H,11,12). The molecular weight excluding hydrogens is 166 g/mol. The Labute approximate surface area is 78.9 Å². The highest BCUT2D eigenvalue weighted by molar-refractivity contribution is 5.82. The van der Waals surface area contributed by atoms with Gasteiger partial charge in [0.05, 0.1) is 0 Å². The SMILES string of the molecule is CC(=O)NC1CC(=O)CC(C)(C)C1. The molecule has 0 aromatic rings. The maximum Gasteiger partial charge on any atom is 0.217 e. The Morgan fingerprint density at radius 2 is 2.15 bits per heavy atom. The van der Waals surface area contributed by atoms with Crippen LogP contribution in [0.25, 0.3) is 0 Å². The van der Waals surface area contributed by atoms with Gasteiger partial charge in [0.15, 0.2) is 0 Å². The van der Waals surface area contributed by atoms with Crippen LogP contribution in [0.1, 0.15) is 40.0 Å². The minimum atomic E-state index is -0.0458. The average Bonchev–Trinajstić information content (AvgIpc) is 1.78. The molecular formula is C10H17NO2. The number of hydrogen-bond donors (Lipinski definition) is 1. The summed E-state index contributed by atoms with van der Waals surface area (Å²) < 4.78 is 0. The second-order valence-corrected chi connectivity index (χ2v) is 4.69. The highest BCUT2D eigenvalue weighted by Crippen LogP contribution is 2.33. The Balaban J connectivity index is 2.57. The second kappa shape index (κ2) is 3.48. The lowest BCUT2D eigenvalue weighted by atomic mass is 9.74. The number of carbonyl (C=O) groups is 2. The molecule has 1 unspecified atom stereocenters. The summed E-state index contributed by atoms with van der Waals surface area (Å²) in [5.41, 5.74) is 0.0441. The van der Waals surface area contributed by atoms with Gasteiger partial charge < -0.3 is 5.32 Å². The first-order valence-electron chi connectivity index (χ1n) is 4.68. The normalized spacial score (nSPS) is 27.0. The third-order valence-electron chi connectivity index (χ3n) is 2.36. The van der Waals surface area contributed by atoms with Crippen molar-refractivity contribution in [3.63, 3.8) is 0 Å². The van der Waals surface area contributed by atoms with Crippen LogP contribution in [0.5, 0.6) is 0 Å². The van der Waals surface area contributed by atoms with Gasteiger partial charge in [-0.1, -0.05) is 13.8 Å². The molecule has 3 nitrogen and oxygen atoms in total. The van der Waals surface area contributed by atoms with Crippen molar-refractivity contribution in [3.05, 3.63) is 0 Å². The molecule has 0 aromatic carbocycles. The number of hydrogen-bond acceptors (Lipinski definition) is 2. The zero-order valence-corrected chi connectivity index (χ0v) is 8.52. The number of rotatable bonds is 1. The summed E-state index contributed by atoms with van der Waals surface area (Å²) in [4.78, 5) is 22.1. The maximum absolute atomic E-state index is 11.3. The smallest absolute Gasteiger partial charge is 0.217 e. The van der Waals surface area contributed by atoms with Gasteiger partial charge in [0, 0.05) is 25.8 Å². The van der Waals surface area contributed by atoms with E-state index in [1.165, 1.54) is 6.92 Å². The van der Waals surface area contributed by atoms with Crippen molar-refractivity contribution in [1.29, 1.82) is 0 Å². The first-order valence-corrected chi connectivity index (χ1v) is 4.68. The van der Waals surface area contributed by atoms with Crippen LogP contribution >= 0.6 is 0 Å². The van der Waals surface area contributed by atoms with E-state index in [0.717, 1.165) is 6.42 Å². The highest BCUT2D eigenvalue weighted by atomic mass is 16.1. The molecule has 0 bridgehead atoms. The fourth-order valence-electron chi connectivity index (χ4n) is 2.08. The summed E-state index contributed by atoms with van der Waals surface area (Å²) >= 11 is 0. The molecule has 0 spiro atoms. The molecule has 0 saturated heterocycles. The third kappa shape index (κ3) is 3.17. The van der Waals surface area contributed by atoms with E-state index in [9.17, 15) is 9.59 Å². The molecule has 1 rings (SSSR count). The third-order valence-corrected chi connectivity index (χ3v) is 2.36. The highest BCUT2D eigenvalue weighted by Gasteiger charge is 2.32. The summed E-state index contributed by atoms with van der Waals surface area (Å²) in [5, 5.41) is 2.81. The topological polar surface area (TPSA) is 46.2 Å². The van der Waals surface area contributed by atoms with Gasteiger partial charge in [-0.25, -0.2) is 0 Å². The number of carbonyl (C=O) groups excluding carboxylic acids is 2. The van der Waals surface area contributed by atoms with Crippen LogP contribution in [0.2, 0.25) is 0 Å². The van der Waals surface area contributed by atoms with Gasteiger partial charge in [-0.05, 0) is 11.8 Å². The Kier molecular flexibility index (Phi) is 2.74. The van der Waals surface area contributed by atoms with Gasteiger partial charge >= 0.3 is 0 Å². The van der Waals surface area contributed by atoms with Gasteiger partial charge in [-0.3, -0.25) is 9.59 Å². The summed E-state index contributed by atoms with van der Waals surface area (Å²) in [6.45, 7) is 5.63. The Morgan fingerprint density at radius 3 is 2.62 bits per heavy atom. The van der Waals surface area contributed by atoms with Gasteiger partial charge in [0.1, 0.15) is 5.78 Å². The van der Waals surface area contributed by atoms with Gasteiger partial charge in [0.2, 0.25) is 5.91 Å². The molecule has 1 atom stereocenters. The van der Waals surface area contributed by atoms with Crippen molar-refractivity contribution >= 4 is 11.7 Å². The quantitative estimate of drug-likeness (QED) is 0.665. The summed E-state index contributed by atoms with van der Waals surface area (Å²) in [5.74, 6) is 0.213. The van der Waals surface area contributed by atoms with E-state index in [1.54, 1.807) is 0 Å². The number of ketones is 1. The lowest BCUT2D eigenvalue weighted by molar-refractivity contribution is -0.125. The minimum Gasteiger partial charge on any atom is -0.353 e. The molecule has 1 amide bonds. The van der Waals surface area contributed by atoms with E-state index in [0.29, 0.717) is 12.8 Å². The molecule has 0 radical (unpaired) electrons. The first kappa shape index (κ1) is 10.2. The van der Waals surface area contributed by atoms with Gasteiger partial charge in [-0.15, -0.1) is 0 Å². The van der Waals surface area contributed by atoms with Crippen LogP contribution in [0, 0.1) is 5.41 Å².